The third-order valence-electron chi connectivity index (χ3n) is 4.96. The molecule has 1 aromatic heterocycles. The summed E-state index contributed by atoms with van der Waals surface area (Å²) in [5.41, 5.74) is 6.21. The number of urea groups is 1. The summed E-state index contributed by atoms with van der Waals surface area (Å²) >= 11 is 0. The highest BCUT2D eigenvalue weighted by molar-refractivity contribution is 5.78. The van der Waals surface area contributed by atoms with Gasteiger partial charge >= 0.3 is 18.4 Å². The van der Waals surface area contributed by atoms with Gasteiger partial charge in [0.25, 0.3) is 0 Å². The van der Waals surface area contributed by atoms with Crippen LogP contribution in [-0.4, -0.2) is 79.3 Å². The summed E-state index contributed by atoms with van der Waals surface area (Å²) in [6.45, 7) is -2.00. The number of halogens is 6. The Hall–Kier alpha value is -2.58. The summed E-state index contributed by atoms with van der Waals surface area (Å²) in [5, 5.41) is 1.89. The fourth-order valence-corrected chi connectivity index (χ4v) is 3.12. The molecule has 198 valence electrons. The van der Waals surface area contributed by atoms with Crippen molar-refractivity contribution in [1.82, 2.24) is 20.2 Å². The summed E-state index contributed by atoms with van der Waals surface area (Å²) in [5.74, 6) is 0.422. The van der Waals surface area contributed by atoms with Crippen molar-refractivity contribution in [3.63, 3.8) is 0 Å². The van der Waals surface area contributed by atoms with Gasteiger partial charge in [-0.2, -0.15) is 26.3 Å². The molecular formula is C21H29F6N5O3. The van der Waals surface area contributed by atoms with Crippen LogP contribution in [0, 0.1) is 0 Å². The summed E-state index contributed by atoms with van der Waals surface area (Å²) < 4.78 is 83.7. The molecule has 8 nitrogen and oxygen atoms in total. The van der Waals surface area contributed by atoms with Crippen LogP contribution in [0.3, 0.4) is 0 Å². The number of benzene rings is 1. The molecule has 4 rings (SSSR count). The monoisotopic (exact) mass is 513 g/mol. The Labute approximate surface area is 198 Å². The molecule has 2 heterocycles. The maximum atomic E-state index is 12.7. The van der Waals surface area contributed by atoms with Crippen LogP contribution in [0.15, 0.2) is 18.2 Å². The molecule has 0 radical (unpaired) electrons. The zero-order valence-corrected chi connectivity index (χ0v) is 19.3. The van der Waals surface area contributed by atoms with E-state index in [4.69, 9.17) is 4.74 Å². The molecule has 4 N–H and O–H groups in total. The van der Waals surface area contributed by atoms with Gasteiger partial charge in [-0.1, -0.05) is 6.07 Å². The first-order valence-corrected chi connectivity index (χ1v) is 10.8. The van der Waals surface area contributed by atoms with Crippen molar-refractivity contribution in [1.29, 1.82) is 0 Å². The SMILES string of the molecule is CN.COC1CC1.O=C1NC(C(F)(F)F)CN1Cc1ccc2nc(CCOCC(F)(F)F)[nH]c2c1. The number of methoxy groups -OCH3 is 1. The van der Waals surface area contributed by atoms with Crippen LogP contribution in [0.2, 0.25) is 0 Å². The molecule has 1 saturated heterocycles. The van der Waals surface area contributed by atoms with E-state index in [2.05, 4.69) is 20.4 Å². The van der Waals surface area contributed by atoms with E-state index in [-0.39, 0.29) is 19.6 Å². The van der Waals surface area contributed by atoms with Crippen LogP contribution in [0.25, 0.3) is 11.0 Å². The normalized spacial score (nSPS) is 18.0. The fraction of sp³-hybridized carbons (Fsp3) is 0.619. The Kier molecular flexibility index (Phi) is 10.2. The number of carbonyl (C=O) groups excluding carboxylic acids is 1. The van der Waals surface area contributed by atoms with Crippen LogP contribution in [0.5, 0.6) is 0 Å². The van der Waals surface area contributed by atoms with E-state index in [1.54, 1.807) is 25.3 Å². The summed E-state index contributed by atoms with van der Waals surface area (Å²) in [4.78, 5) is 19.9. The lowest BCUT2D eigenvalue weighted by molar-refractivity contribution is -0.173. The van der Waals surface area contributed by atoms with Gasteiger partial charge in [0.15, 0.2) is 0 Å². The van der Waals surface area contributed by atoms with Crippen LogP contribution in [0.1, 0.15) is 24.2 Å². The molecule has 1 unspecified atom stereocenters. The molecule has 14 heteroatoms. The Morgan fingerprint density at radius 2 is 1.86 bits per heavy atom. The molecule has 35 heavy (non-hydrogen) atoms. The van der Waals surface area contributed by atoms with E-state index in [0.717, 1.165) is 4.90 Å². The number of carbonyl (C=O) groups is 1. The van der Waals surface area contributed by atoms with E-state index in [9.17, 15) is 31.1 Å². The van der Waals surface area contributed by atoms with Crippen LogP contribution >= 0.6 is 0 Å². The maximum absolute atomic E-state index is 12.7. The quantitative estimate of drug-likeness (QED) is 0.388. The number of aromatic nitrogens is 2. The Morgan fingerprint density at radius 3 is 2.37 bits per heavy atom. The second-order valence-corrected chi connectivity index (χ2v) is 7.81. The highest BCUT2D eigenvalue weighted by atomic mass is 19.4. The number of rotatable bonds is 7. The molecule has 2 aromatic rings. The number of H-pyrrole nitrogens is 1. The van der Waals surface area contributed by atoms with E-state index >= 15 is 0 Å². The zero-order valence-electron chi connectivity index (χ0n) is 19.3. The first-order chi connectivity index (χ1) is 16.4. The van der Waals surface area contributed by atoms with E-state index in [0.29, 0.717) is 28.5 Å². The van der Waals surface area contributed by atoms with Crippen molar-refractivity contribution in [2.24, 2.45) is 5.73 Å². The fourth-order valence-electron chi connectivity index (χ4n) is 3.12. The number of fused-ring (bicyclic) bond motifs is 1. The zero-order chi connectivity index (χ0) is 26.2. The Morgan fingerprint density at radius 1 is 1.17 bits per heavy atom. The first kappa shape index (κ1) is 28.7. The molecule has 1 saturated carbocycles. The molecule has 1 atom stereocenters. The molecule has 2 fully saturated rings. The number of imidazole rings is 1. The van der Waals surface area contributed by atoms with Crippen molar-refractivity contribution in [2.45, 2.75) is 50.3 Å². The van der Waals surface area contributed by atoms with Crippen LogP contribution in [0.4, 0.5) is 31.1 Å². The molecule has 1 aliphatic heterocycles. The third-order valence-corrected chi connectivity index (χ3v) is 4.96. The van der Waals surface area contributed by atoms with Gasteiger partial charge in [-0.3, -0.25) is 0 Å². The van der Waals surface area contributed by atoms with Gasteiger partial charge in [0, 0.05) is 20.1 Å². The van der Waals surface area contributed by atoms with Gasteiger partial charge < -0.3 is 30.4 Å². The van der Waals surface area contributed by atoms with Gasteiger partial charge in [0.2, 0.25) is 0 Å². The van der Waals surface area contributed by atoms with Gasteiger partial charge in [-0.15, -0.1) is 0 Å². The Bertz CT molecular complexity index is 946. The second-order valence-electron chi connectivity index (χ2n) is 7.81. The second kappa shape index (κ2) is 12.4. The molecular weight excluding hydrogens is 484 g/mol. The first-order valence-electron chi connectivity index (χ1n) is 10.8. The summed E-state index contributed by atoms with van der Waals surface area (Å²) in [6, 6.07) is 2.18. The lowest BCUT2D eigenvalue weighted by Crippen LogP contribution is -2.40. The average molecular weight is 513 g/mol. The van der Waals surface area contributed by atoms with Crippen molar-refractivity contribution in [2.75, 3.05) is 33.9 Å². The average Bonchev–Trinajstić information content (AvgIpc) is 3.44. The highest BCUT2D eigenvalue weighted by Crippen LogP contribution is 2.26. The number of hydrogen-bond donors (Lipinski definition) is 3. The number of hydrogen-bond acceptors (Lipinski definition) is 5. The standard InChI is InChI=1S/C16H16F6N4O2.C4H8O.CH5N/c17-15(18,19)8-28-4-3-13-23-10-2-1-9(5-11(10)24-13)6-26-7-12(16(20,21)22)25-14(26)27;1-5-4-2-3-4;1-2/h1-2,5,12H,3-4,6-8H2,(H,23,24)(H,25,27);4H,2-3H2,1H3;2H2,1H3. The van der Waals surface area contributed by atoms with Crippen molar-refractivity contribution in [3.05, 3.63) is 29.6 Å². The summed E-state index contributed by atoms with van der Waals surface area (Å²) in [7, 11) is 3.26. The summed E-state index contributed by atoms with van der Waals surface area (Å²) in [6.07, 6.45) is -5.55. The minimum Gasteiger partial charge on any atom is -0.381 e. The molecule has 1 aromatic carbocycles. The minimum atomic E-state index is -4.51. The number of amides is 2. The van der Waals surface area contributed by atoms with Gasteiger partial charge in [0.05, 0.1) is 30.3 Å². The Balaban J connectivity index is 0.000000538. The number of ether oxygens (including phenoxy) is 2. The molecule has 2 amide bonds. The van der Waals surface area contributed by atoms with Gasteiger partial charge in [-0.05, 0) is 37.6 Å². The van der Waals surface area contributed by atoms with Gasteiger partial charge in [-0.25, -0.2) is 9.78 Å². The number of nitrogens with zero attached hydrogens (tertiary/aromatic N) is 2. The molecule has 0 spiro atoms. The predicted octanol–water partition coefficient (Wildman–Crippen LogP) is 3.51. The predicted molar refractivity (Wildman–Crippen MR) is 116 cm³/mol. The van der Waals surface area contributed by atoms with Crippen molar-refractivity contribution in [3.8, 4) is 0 Å². The number of nitrogens with two attached hydrogens (primary N) is 1. The van der Waals surface area contributed by atoms with Crippen LogP contribution < -0.4 is 11.1 Å². The maximum Gasteiger partial charge on any atom is 0.411 e. The van der Waals surface area contributed by atoms with Crippen molar-refractivity contribution < 1.29 is 40.6 Å². The number of alkyl halides is 6. The van der Waals surface area contributed by atoms with Crippen molar-refractivity contribution >= 4 is 17.1 Å². The lowest BCUT2D eigenvalue weighted by Gasteiger charge is -2.16. The van der Waals surface area contributed by atoms with Crippen LogP contribution in [-0.2, 0) is 22.4 Å². The van der Waals surface area contributed by atoms with E-state index < -0.39 is 37.6 Å². The highest BCUT2D eigenvalue weighted by Gasteiger charge is 2.46. The molecule has 2 aliphatic rings. The van der Waals surface area contributed by atoms with E-state index in [1.807, 2.05) is 5.32 Å². The number of aromatic amines is 1. The topological polar surface area (TPSA) is 106 Å². The molecule has 1 aliphatic carbocycles. The smallest absolute Gasteiger partial charge is 0.381 e. The molecule has 0 bridgehead atoms. The largest absolute Gasteiger partial charge is 0.411 e. The minimum absolute atomic E-state index is 0.0165. The van der Waals surface area contributed by atoms with Gasteiger partial charge in [0.1, 0.15) is 18.5 Å². The lowest BCUT2D eigenvalue weighted by atomic mass is 10.2. The third kappa shape index (κ3) is 9.53. The number of nitrogens with one attached hydrogen (secondary N) is 2. The van der Waals surface area contributed by atoms with E-state index in [1.165, 1.54) is 19.9 Å².